The van der Waals surface area contributed by atoms with Crippen LogP contribution in [0.2, 0.25) is 0 Å². The zero-order valence-corrected chi connectivity index (χ0v) is 14.3. The van der Waals surface area contributed by atoms with E-state index >= 15 is 0 Å². The van der Waals surface area contributed by atoms with Crippen LogP contribution in [0.15, 0.2) is 48.5 Å². The normalized spacial score (nSPS) is 26.3. The summed E-state index contributed by atoms with van der Waals surface area (Å²) in [6.07, 6.45) is 6.82. The number of rotatable bonds is 4. The molecule has 0 bridgehead atoms. The molecule has 2 aliphatic rings. The second-order valence-corrected chi connectivity index (χ2v) is 7.54. The maximum absolute atomic E-state index is 3.63. The minimum Gasteiger partial charge on any atom is -0.307 e. The lowest BCUT2D eigenvalue weighted by atomic mass is 9.81. The molecule has 1 nitrogen and oxygen atoms in total. The van der Waals surface area contributed by atoms with Crippen LogP contribution in [0.1, 0.15) is 60.8 Å². The quantitative estimate of drug-likeness (QED) is 0.838. The first-order valence-corrected chi connectivity index (χ1v) is 9.09. The van der Waals surface area contributed by atoms with E-state index in [4.69, 9.17) is 0 Å². The Bertz CT molecular complexity index is 701. The summed E-state index contributed by atoms with van der Waals surface area (Å²) in [6, 6.07) is 18.1. The zero-order valence-electron chi connectivity index (χ0n) is 14.3. The fourth-order valence-corrected chi connectivity index (χ4v) is 4.39. The summed E-state index contributed by atoms with van der Waals surface area (Å²) in [7, 11) is 2.10. The van der Waals surface area contributed by atoms with Gasteiger partial charge in [0.1, 0.15) is 0 Å². The molecule has 0 unspecified atom stereocenters. The molecule has 1 N–H and O–H groups in total. The van der Waals surface area contributed by atoms with Gasteiger partial charge in [0.15, 0.2) is 0 Å². The van der Waals surface area contributed by atoms with Gasteiger partial charge in [-0.1, -0.05) is 61.4 Å². The zero-order chi connectivity index (χ0) is 15.9. The fourth-order valence-electron chi connectivity index (χ4n) is 4.39. The number of fused-ring (bicyclic) bond motifs is 2. The third-order valence-electron chi connectivity index (χ3n) is 6.08. The minimum absolute atomic E-state index is 0.0957. The average Bonchev–Trinajstić information content (AvgIpc) is 3.42. The Morgan fingerprint density at radius 2 is 1.65 bits per heavy atom. The van der Waals surface area contributed by atoms with Crippen LogP contribution in [0.25, 0.3) is 0 Å². The SMILES string of the molecule is CN[C@]1(C)c2ccccc2C[C@H](CCC2CC2)c2ccccc21. The van der Waals surface area contributed by atoms with Gasteiger partial charge in [0.05, 0.1) is 5.54 Å². The lowest BCUT2D eigenvalue weighted by Gasteiger charge is -2.32. The third-order valence-corrected chi connectivity index (χ3v) is 6.08. The van der Waals surface area contributed by atoms with Crippen LogP contribution in [0.5, 0.6) is 0 Å². The van der Waals surface area contributed by atoms with Gasteiger partial charge >= 0.3 is 0 Å². The molecule has 0 amide bonds. The molecule has 0 heterocycles. The molecule has 1 heteroatoms. The monoisotopic (exact) mass is 305 g/mol. The minimum atomic E-state index is -0.0957. The predicted octanol–water partition coefficient (Wildman–Crippen LogP) is 5.00. The Kier molecular flexibility index (Phi) is 3.77. The van der Waals surface area contributed by atoms with Crippen molar-refractivity contribution < 1.29 is 0 Å². The van der Waals surface area contributed by atoms with E-state index in [0.29, 0.717) is 5.92 Å². The van der Waals surface area contributed by atoms with Crippen LogP contribution < -0.4 is 5.32 Å². The molecule has 0 radical (unpaired) electrons. The van der Waals surface area contributed by atoms with Crippen molar-refractivity contribution in [2.75, 3.05) is 7.05 Å². The van der Waals surface area contributed by atoms with E-state index in [9.17, 15) is 0 Å². The van der Waals surface area contributed by atoms with Crippen molar-refractivity contribution in [3.8, 4) is 0 Å². The summed E-state index contributed by atoms with van der Waals surface area (Å²) >= 11 is 0. The molecule has 2 aromatic carbocycles. The second-order valence-electron chi connectivity index (χ2n) is 7.54. The molecule has 0 aromatic heterocycles. The topological polar surface area (TPSA) is 12.0 Å². The van der Waals surface area contributed by atoms with Gasteiger partial charge in [0, 0.05) is 0 Å². The van der Waals surface area contributed by atoms with Gasteiger partial charge in [0.2, 0.25) is 0 Å². The van der Waals surface area contributed by atoms with Crippen LogP contribution in [-0.2, 0) is 12.0 Å². The lowest BCUT2D eigenvalue weighted by molar-refractivity contribution is 0.480. The molecule has 120 valence electrons. The molecular weight excluding hydrogens is 278 g/mol. The van der Waals surface area contributed by atoms with Gasteiger partial charge in [-0.25, -0.2) is 0 Å². The van der Waals surface area contributed by atoms with Gasteiger partial charge < -0.3 is 5.32 Å². The van der Waals surface area contributed by atoms with Crippen LogP contribution in [0, 0.1) is 5.92 Å². The van der Waals surface area contributed by atoms with E-state index in [1.165, 1.54) is 48.8 Å². The van der Waals surface area contributed by atoms with Crippen molar-refractivity contribution in [1.82, 2.24) is 5.32 Å². The second kappa shape index (κ2) is 5.79. The molecule has 0 saturated heterocycles. The summed E-state index contributed by atoms with van der Waals surface area (Å²) in [4.78, 5) is 0. The highest BCUT2D eigenvalue weighted by Gasteiger charge is 2.36. The molecule has 0 aliphatic heterocycles. The summed E-state index contributed by atoms with van der Waals surface area (Å²) in [5.41, 5.74) is 5.89. The van der Waals surface area contributed by atoms with Gasteiger partial charge in [-0.15, -0.1) is 0 Å². The number of nitrogens with one attached hydrogen (secondary N) is 1. The first-order chi connectivity index (χ1) is 11.2. The summed E-state index contributed by atoms with van der Waals surface area (Å²) in [5.74, 6) is 1.67. The summed E-state index contributed by atoms with van der Waals surface area (Å²) < 4.78 is 0. The van der Waals surface area contributed by atoms with Gasteiger partial charge in [0.25, 0.3) is 0 Å². The fraction of sp³-hybridized carbons (Fsp3) is 0.455. The Morgan fingerprint density at radius 1 is 0.957 bits per heavy atom. The number of hydrogen-bond acceptors (Lipinski definition) is 1. The molecule has 2 aliphatic carbocycles. The van der Waals surface area contributed by atoms with Crippen LogP contribution in [-0.4, -0.2) is 7.05 Å². The Morgan fingerprint density at radius 3 is 2.39 bits per heavy atom. The van der Waals surface area contributed by atoms with Crippen molar-refractivity contribution in [1.29, 1.82) is 0 Å². The maximum Gasteiger partial charge on any atom is 0.0664 e. The standard InChI is InChI=1S/C22H27N/c1-22(23-2)20-9-5-3-7-18(20)15-17(14-13-16-11-12-16)19-8-4-6-10-21(19)22/h3-10,16-17,23H,11-15H2,1-2H3/t17-,22+/m0/s1. The first-order valence-electron chi connectivity index (χ1n) is 9.09. The highest BCUT2D eigenvalue weighted by molar-refractivity contribution is 5.50. The van der Waals surface area contributed by atoms with Crippen molar-refractivity contribution in [2.24, 2.45) is 5.92 Å². The Labute approximate surface area is 140 Å². The first kappa shape index (κ1) is 15.0. The summed E-state index contributed by atoms with van der Waals surface area (Å²) in [5, 5.41) is 3.63. The highest BCUT2D eigenvalue weighted by atomic mass is 14.9. The van der Waals surface area contributed by atoms with E-state index in [2.05, 4.69) is 67.8 Å². The van der Waals surface area contributed by atoms with Crippen molar-refractivity contribution >= 4 is 0 Å². The molecule has 2 aromatic rings. The van der Waals surface area contributed by atoms with Gasteiger partial charge in [-0.05, 0) is 67.3 Å². The Hall–Kier alpha value is -1.60. The van der Waals surface area contributed by atoms with E-state index in [1.54, 1.807) is 5.56 Å². The Balaban J connectivity index is 1.83. The smallest absolute Gasteiger partial charge is 0.0664 e. The van der Waals surface area contributed by atoms with Crippen molar-refractivity contribution in [2.45, 2.75) is 50.5 Å². The molecule has 1 saturated carbocycles. The number of hydrogen-bond donors (Lipinski definition) is 1. The molecule has 0 spiro atoms. The van der Waals surface area contributed by atoms with E-state index in [0.717, 1.165) is 5.92 Å². The molecular formula is C22H27N. The average molecular weight is 305 g/mol. The van der Waals surface area contributed by atoms with E-state index in [-0.39, 0.29) is 5.54 Å². The van der Waals surface area contributed by atoms with Crippen LogP contribution >= 0.6 is 0 Å². The molecule has 2 atom stereocenters. The highest BCUT2D eigenvalue weighted by Crippen LogP contribution is 2.44. The van der Waals surface area contributed by atoms with E-state index < -0.39 is 0 Å². The van der Waals surface area contributed by atoms with Crippen molar-refractivity contribution in [3.63, 3.8) is 0 Å². The largest absolute Gasteiger partial charge is 0.307 e. The lowest BCUT2D eigenvalue weighted by Crippen LogP contribution is -2.38. The van der Waals surface area contributed by atoms with E-state index in [1.807, 2.05) is 0 Å². The number of benzene rings is 2. The van der Waals surface area contributed by atoms with Crippen LogP contribution in [0.4, 0.5) is 0 Å². The van der Waals surface area contributed by atoms with Crippen molar-refractivity contribution in [3.05, 3.63) is 70.8 Å². The van der Waals surface area contributed by atoms with Crippen LogP contribution in [0.3, 0.4) is 0 Å². The third kappa shape index (κ3) is 2.61. The maximum atomic E-state index is 3.63. The molecule has 1 fully saturated rings. The van der Waals surface area contributed by atoms with Gasteiger partial charge in [-0.2, -0.15) is 0 Å². The molecule has 23 heavy (non-hydrogen) atoms. The predicted molar refractivity (Wildman–Crippen MR) is 96.8 cm³/mol. The summed E-state index contributed by atoms with van der Waals surface area (Å²) in [6.45, 7) is 2.34. The molecule has 4 rings (SSSR count). The van der Waals surface area contributed by atoms with Gasteiger partial charge in [-0.3, -0.25) is 0 Å².